The van der Waals surface area contributed by atoms with Gasteiger partial charge in [0, 0.05) is 25.2 Å². The summed E-state index contributed by atoms with van der Waals surface area (Å²) < 4.78 is 5.87. The molecule has 2 unspecified atom stereocenters. The number of fused-ring (bicyclic) bond motifs is 1. The lowest BCUT2D eigenvalue weighted by Crippen LogP contribution is -2.52. The number of nitrogen functional groups attached to an aromatic ring is 1. The maximum atomic E-state index is 10.8. The zero-order valence-corrected chi connectivity index (χ0v) is 12.0. The quantitative estimate of drug-likeness (QED) is 0.525. The summed E-state index contributed by atoms with van der Waals surface area (Å²) in [5.74, 6) is 0. The maximum absolute atomic E-state index is 10.8. The van der Waals surface area contributed by atoms with E-state index in [-0.39, 0.29) is 11.4 Å². The molecule has 0 aromatic heterocycles. The molecule has 6 heteroatoms. The fourth-order valence-corrected chi connectivity index (χ4v) is 3.48. The smallest absolute Gasteiger partial charge is 0.292 e. The van der Waals surface area contributed by atoms with Crippen molar-refractivity contribution in [3.63, 3.8) is 0 Å². The summed E-state index contributed by atoms with van der Waals surface area (Å²) in [6, 6.07) is 5.51. The fourth-order valence-electron chi connectivity index (χ4n) is 3.48. The van der Waals surface area contributed by atoms with Crippen LogP contribution in [-0.2, 0) is 11.3 Å². The number of morpholine rings is 1. The van der Waals surface area contributed by atoms with Crippen LogP contribution in [0.1, 0.15) is 31.2 Å². The molecule has 1 aliphatic carbocycles. The van der Waals surface area contributed by atoms with Gasteiger partial charge in [-0.3, -0.25) is 15.0 Å². The number of hydrogen-bond acceptors (Lipinski definition) is 5. The second-order valence-corrected chi connectivity index (χ2v) is 5.88. The van der Waals surface area contributed by atoms with Crippen molar-refractivity contribution in [2.75, 3.05) is 18.9 Å². The van der Waals surface area contributed by atoms with Crippen LogP contribution in [0.3, 0.4) is 0 Å². The van der Waals surface area contributed by atoms with Crippen molar-refractivity contribution in [2.24, 2.45) is 0 Å². The van der Waals surface area contributed by atoms with Crippen molar-refractivity contribution in [2.45, 2.75) is 44.4 Å². The summed E-state index contributed by atoms with van der Waals surface area (Å²) in [7, 11) is 0. The summed E-state index contributed by atoms with van der Waals surface area (Å²) in [6.07, 6.45) is 5.17. The van der Waals surface area contributed by atoms with Crippen molar-refractivity contribution in [1.29, 1.82) is 0 Å². The number of nitrogens with two attached hydrogens (primary N) is 1. The molecule has 0 amide bonds. The third-order valence-corrected chi connectivity index (χ3v) is 4.52. The van der Waals surface area contributed by atoms with Gasteiger partial charge in [-0.15, -0.1) is 0 Å². The molecule has 6 nitrogen and oxygen atoms in total. The average molecular weight is 291 g/mol. The largest absolute Gasteiger partial charge is 0.393 e. The highest BCUT2D eigenvalue weighted by Crippen LogP contribution is 2.30. The van der Waals surface area contributed by atoms with Gasteiger partial charge in [0.25, 0.3) is 5.69 Å². The van der Waals surface area contributed by atoms with Crippen LogP contribution in [0.25, 0.3) is 0 Å². The molecule has 0 spiro atoms. The zero-order chi connectivity index (χ0) is 14.8. The minimum absolute atomic E-state index is 0.0173. The number of nitro benzene ring substituents is 1. The second kappa shape index (κ2) is 5.99. The van der Waals surface area contributed by atoms with Gasteiger partial charge in [-0.1, -0.05) is 18.9 Å². The molecule has 1 aromatic carbocycles. The molecule has 0 radical (unpaired) electrons. The topological polar surface area (TPSA) is 81.6 Å². The van der Waals surface area contributed by atoms with Gasteiger partial charge in [0.2, 0.25) is 0 Å². The fraction of sp³-hybridized carbons (Fsp3) is 0.600. The number of nitrogens with zero attached hydrogens (tertiary/aromatic N) is 2. The molecule has 2 N–H and O–H groups in total. The first-order valence-electron chi connectivity index (χ1n) is 7.53. The number of nitro groups is 1. The first kappa shape index (κ1) is 14.3. The Bertz CT molecular complexity index is 533. The molecule has 2 aliphatic rings. The molecule has 1 saturated carbocycles. The van der Waals surface area contributed by atoms with Crippen LogP contribution in [0.2, 0.25) is 0 Å². The predicted molar refractivity (Wildman–Crippen MR) is 79.9 cm³/mol. The third kappa shape index (κ3) is 3.01. The first-order valence-corrected chi connectivity index (χ1v) is 7.53. The Morgan fingerprint density at radius 2 is 2.19 bits per heavy atom. The number of hydrogen-bond donors (Lipinski definition) is 1. The van der Waals surface area contributed by atoms with Crippen molar-refractivity contribution in [1.82, 2.24) is 4.90 Å². The molecule has 1 heterocycles. The van der Waals surface area contributed by atoms with E-state index in [0.717, 1.165) is 31.7 Å². The SMILES string of the molecule is Nc1cc(CN2CCOC3CCCCC32)ccc1[N+](=O)[O-]. The van der Waals surface area contributed by atoms with E-state index in [4.69, 9.17) is 10.5 Å². The first-order chi connectivity index (χ1) is 10.1. The van der Waals surface area contributed by atoms with Crippen LogP contribution in [0.4, 0.5) is 11.4 Å². The van der Waals surface area contributed by atoms with Gasteiger partial charge in [0.1, 0.15) is 5.69 Å². The van der Waals surface area contributed by atoms with Crippen LogP contribution in [0.15, 0.2) is 18.2 Å². The maximum Gasteiger partial charge on any atom is 0.292 e. The summed E-state index contributed by atoms with van der Waals surface area (Å²) in [6.45, 7) is 2.47. The molecular formula is C15H21N3O3. The molecule has 2 fully saturated rings. The number of benzene rings is 1. The van der Waals surface area contributed by atoms with Gasteiger partial charge in [-0.05, 0) is 24.5 Å². The lowest BCUT2D eigenvalue weighted by atomic mass is 9.90. The van der Waals surface area contributed by atoms with Crippen LogP contribution in [0, 0.1) is 10.1 Å². The van der Waals surface area contributed by atoms with Gasteiger partial charge in [0.15, 0.2) is 0 Å². The lowest BCUT2D eigenvalue weighted by molar-refractivity contribution is -0.383. The number of anilines is 1. The van der Waals surface area contributed by atoms with Gasteiger partial charge in [0.05, 0.1) is 17.6 Å². The van der Waals surface area contributed by atoms with Gasteiger partial charge in [-0.2, -0.15) is 0 Å². The Balaban J connectivity index is 1.73. The number of rotatable bonds is 3. The van der Waals surface area contributed by atoms with E-state index in [1.165, 1.54) is 25.3 Å². The van der Waals surface area contributed by atoms with E-state index < -0.39 is 4.92 Å². The Morgan fingerprint density at radius 3 is 2.95 bits per heavy atom. The molecule has 0 bridgehead atoms. The Hall–Kier alpha value is -1.66. The molecule has 1 saturated heterocycles. The Labute approximate surface area is 124 Å². The van der Waals surface area contributed by atoms with Gasteiger partial charge < -0.3 is 10.5 Å². The van der Waals surface area contributed by atoms with Crippen LogP contribution < -0.4 is 5.73 Å². The number of ether oxygens (including phenoxy) is 1. The summed E-state index contributed by atoms with van der Waals surface area (Å²) >= 11 is 0. The van der Waals surface area contributed by atoms with E-state index in [9.17, 15) is 10.1 Å². The van der Waals surface area contributed by atoms with E-state index in [0.29, 0.717) is 12.1 Å². The van der Waals surface area contributed by atoms with Crippen molar-refractivity contribution in [3.8, 4) is 0 Å². The highest BCUT2D eigenvalue weighted by Gasteiger charge is 2.34. The summed E-state index contributed by atoms with van der Waals surface area (Å²) in [4.78, 5) is 12.8. The predicted octanol–water partition coefficient (Wildman–Crippen LogP) is 2.32. The minimum atomic E-state index is -0.439. The Kier molecular flexibility index (Phi) is 4.07. The van der Waals surface area contributed by atoms with E-state index in [1.54, 1.807) is 6.07 Å². The molecular weight excluding hydrogens is 270 g/mol. The van der Waals surface area contributed by atoms with Crippen molar-refractivity contribution < 1.29 is 9.66 Å². The van der Waals surface area contributed by atoms with Crippen LogP contribution in [-0.4, -0.2) is 35.1 Å². The van der Waals surface area contributed by atoms with Crippen LogP contribution in [0.5, 0.6) is 0 Å². The normalized spacial score (nSPS) is 26.3. The van der Waals surface area contributed by atoms with Crippen LogP contribution >= 0.6 is 0 Å². The molecule has 2 atom stereocenters. The standard InChI is InChI=1S/C15H21N3O3/c16-12-9-11(5-6-13(12)18(19)20)10-17-7-8-21-15-4-2-1-3-14(15)17/h5-6,9,14-15H,1-4,7-8,10,16H2. The highest BCUT2D eigenvalue weighted by atomic mass is 16.6. The lowest BCUT2D eigenvalue weighted by Gasteiger charge is -2.43. The molecule has 114 valence electrons. The summed E-state index contributed by atoms with van der Waals surface area (Å²) in [5.41, 5.74) is 7.03. The highest BCUT2D eigenvalue weighted by molar-refractivity contribution is 5.59. The van der Waals surface area contributed by atoms with Crippen molar-refractivity contribution in [3.05, 3.63) is 33.9 Å². The monoisotopic (exact) mass is 291 g/mol. The van der Waals surface area contributed by atoms with E-state index in [2.05, 4.69) is 4.90 Å². The molecule has 3 rings (SSSR count). The molecule has 21 heavy (non-hydrogen) atoms. The average Bonchev–Trinajstić information content (AvgIpc) is 2.47. The van der Waals surface area contributed by atoms with Gasteiger partial charge >= 0.3 is 0 Å². The Morgan fingerprint density at radius 1 is 1.38 bits per heavy atom. The molecule has 1 aromatic rings. The van der Waals surface area contributed by atoms with E-state index in [1.807, 2.05) is 6.07 Å². The van der Waals surface area contributed by atoms with E-state index >= 15 is 0 Å². The summed E-state index contributed by atoms with van der Waals surface area (Å²) in [5, 5.41) is 10.8. The van der Waals surface area contributed by atoms with Gasteiger partial charge in [-0.25, -0.2) is 0 Å². The minimum Gasteiger partial charge on any atom is -0.393 e. The van der Waals surface area contributed by atoms with Crippen molar-refractivity contribution >= 4 is 11.4 Å². The third-order valence-electron chi connectivity index (χ3n) is 4.52. The zero-order valence-electron chi connectivity index (χ0n) is 12.0. The molecule has 1 aliphatic heterocycles. The second-order valence-electron chi connectivity index (χ2n) is 5.88.